The van der Waals surface area contributed by atoms with Crippen molar-refractivity contribution in [3.05, 3.63) is 30.1 Å². The highest BCUT2D eigenvalue weighted by Gasteiger charge is 2.02. The summed E-state index contributed by atoms with van der Waals surface area (Å²) in [5.74, 6) is 0. The minimum Gasteiger partial charge on any atom is -0.304 e. The van der Waals surface area contributed by atoms with E-state index in [0.29, 0.717) is 6.04 Å². The first kappa shape index (κ1) is 14.1. The van der Waals surface area contributed by atoms with Crippen molar-refractivity contribution in [2.24, 2.45) is 0 Å². The van der Waals surface area contributed by atoms with Crippen LogP contribution in [0.5, 0.6) is 0 Å². The van der Waals surface area contributed by atoms with Crippen molar-refractivity contribution < 1.29 is 0 Å². The zero-order valence-corrected chi connectivity index (χ0v) is 10.7. The molecule has 2 heteroatoms. The Bertz CT molecular complexity index is 232. The van der Waals surface area contributed by atoms with Crippen LogP contribution in [0.4, 0.5) is 0 Å². The molecule has 86 valence electrons. The maximum Gasteiger partial charge on any atom is 0.0416 e. The van der Waals surface area contributed by atoms with Crippen molar-refractivity contribution in [1.82, 2.24) is 9.88 Å². The second-order valence-electron chi connectivity index (χ2n) is 3.65. The van der Waals surface area contributed by atoms with E-state index in [-0.39, 0.29) is 0 Å². The lowest BCUT2D eigenvalue weighted by atomic mass is 10.2. The van der Waals surface area contributed by atoms with Gasteiger partial charge in [-0.05, 0) is 33.0 Å². The van der Waals surface area contributed by atoms with Crippen molar-refractivity contribution in [3.63, 3.8) is 0 Å². The number of nitrogens with zero attached hydrogens (tertiary/aromatic N) is 2. The molecular weight excluding hydrogens is 184 g/mol. The van der Waals surface area contributed by atoms with Crippen LogP contribution in [0, 0.1) is 0 Å². The van der Waals surface area contributed by atoms with Gasteiger partial charge in [0.15, 0.2) is 0 Å². The first-order valence-electron chi connectivity index (χ1n) is 5.80. The molecule has 0 aromatic carbocycles. The molecule has 0 fully saturated rings. The van der Waals surface area contributed by atoms with E-state index in [0.717, 1.165) is 13.0 Å². The van der Waals surface area contributed by atoms with Gasteiger partial charge in [0.1, 0.15) is 0 Å². The molecule has 0 saturated carbocycles. The molecule has 0 atom stereocenters. The predicted octanol–water partition coefficient (Wildman–Crippen LogP) is 2.99. The van der Waals surface area contributed by atoms with Gasteiger partial charge in [0, 0.05) is 30.9 Å². The molecule has 0 saturated heterocycles. The summed E-state index contributed by atoms with van der Waals surface area (Å²) < 4.78 is 0. The van der Waals surface area contributed by atoms with Gasteiger partial charge in [-0.1, -0.05) is 19.9 Å². The van der Waals surface area contributed by atoms with Gasteiger partial charge >= 0.3 is 0 Å². The zero-order chi connectivity index (χ0) is 11.7. The molecule has 1 rings (SSSR count). The molecule has 15 heavy (non-hydrogen) atoms. The Morgan fingerprint density at radius 3 is 2.40 bits per heavy atom. The van der Waals surface area contributed by atoms with E-state index in [2.05, 4.69) is 36.8 Å². The molecule has 1 aromatic rings. The highest BCUT2D eigenvalue weighted by molar-refractivity contribution is 5.03. The fourth-order valence-electron chi connectivity index (χ4n) is 1.10. The van der Waals surface area contributed by atoms with Crippen molar-refractivity contribution in [2.45, 2.75) is 40.2 Å². The van der Waals surface area contributed by atoms with Crippen LogP contribution >= 0.6 is 0 Å². The van der Waals surface area contributed by atoms with E-state index < -0.39 is 0 Å². The molecule has 0 bridgehead atoms. The van der Waals surface area contributed by atoms with Crippen LogP contribution in [0.1, 0.15) is 33.4 Å². The maximum absolute atomic E-state index is 4.28. The summed E-state index contributed by atoms with van der Waals surface area (Å²) in [6.45, 7) is 9.49. The van der Waals surface area contributed by atoms with E-state index in [9.17, 15) is 0 Å². The lowest BCUT2D eigenvalue weighted by molar-refractivity contribution is 0.276. The molecule has 0 aliphatic rings. The van der Waals surface area contributed by atoms with Crippen LogP contribution in [-0.2, 0) is 6.42 Å². The first-order valence-corrected chi connectivity index (χ1v) is 5.80. The molecule has 0 unspecified atom stereocenters. The van der Waals surface area contributed by atoms with Gasteiger partial charge in [-0.2, -0.15) is 0 Å². The molecular formula is C13H24N2. The van der Waals surface area contributed by atoms with Crippen molar-refractivity contribution >= 4 is 0 Å². The minimum absolute atomic E-state index is 0.615. The van der Waals surface area contributed by atoms with Gasteiger partial charge in [0.2, 0.25) is 0 Å². The Morgan fingerprint density at radius 1 is 1.27 bits per heavy atom. The van der Waals surface area contributed by atoms with Crippen LogP contribution in [-0.4, -0.2) is 29.5 Å². The maximum atomic E-state index is 4.28. The van der Waals surface area contributed by atoms with E-state index in [1.165, 1.54) is 5.69 Å². The molecule has 2 nitrogen and oxygen atoms in total. The van der Waals surface area contributed by atoms with Gasteiger partial charge in [-0.15, -0.1) is 0 Å². The Kier molecular flexibility index (Phi) is 7.92. The first-order chi connectivity index (χ1) is 7.20. The third-order valence-corrected chi connectivity index (χ3v) is 2.33. The molecule has 1 aromatic heterocycles. The summed E-state index contributed by atoms with van der Waals surface area (Å²) in [6, 6.07) is 6.69. The van der Waals surface area contributed by atoms with Gasteiger partial charge in [0.05, 0.1) is 0 Å². The number of hydrogen-bond donors (Lipinski definition) is 0. The highest BCUT2D eigenvalue weighted by Crippen LogP contribution is 1.99. The summed E-state index contributed by atoms with van der Waals surface area (Å²) in [5, 5.41) is 0. The molecule has 1 heterocycles. The van der Waals surface area contributed by atoms with Gasteiger partial charge < -0.3 is 4.90 Å². The van der Waals surface area contributed by atoms with E-state index in [1.807, 2.05) is 32.2 Å². The van der Waals surface area contributed by atoms with E-state index in [1.54, 1.807) is 0 Å². The standard InChI is InChI=1S/C11H18N2.C2H6/c1-10(2)13(3)9-7-11-6-4-5-8-12-11;1-2/h4-6,8,10H,7,9H2,1-3H3;1-2H3. The number of rotatable bonds is 4. The molecule has 0 radical (unpaired) electrons. The molecule has 0 amide bonds. The van der Waals surface area contributed by atoms with Crippen LogP contribution in [0.2, 0.25) is 0 Å². The van der Waals surface area contributed by atoms with Gasteiger partial charge in [-0.3, -0.25) is 4.98 Å². The Labute approximate surface area is 94.3 Å². The third kappa shape index (κ3) is 6.24. The van der Waals surface area contributed by atoms with Crippen molar-refractivity contribution in [2.75, 3.05) is 13.6 Å². The highest BCUT2D eigenvalue weighted by atomic mass is 15.1. The lowest BCUT2D eigenvalue weighted by Gasteiger charge is -2.20. The fraction of sp³-hybridized carbons (Fsp3) is 0.615. The number of likely N-dealkylation sites (N-methyl/N-ethyl adjacent to an activating group) is 1. The predicted molar refractivity (Wildman–Crippen MR) is 67.1 cm³/mol. The Hall–Kier alpha value is -0.890. The summed E-state index contributed by atoms with van der Waals surface area (Å²) in [7, 11) is 2.15. The second kappa shape index (κ2) is 8.42. The monoisotopic (exact) mass is 208 g/mol. The summed E-state index contributed by atoms with van der Waals surface area (Å²) >= 11 is 0. The number of hydrogen-bond acceptors (Lipinski definition) is 2. The smallest absolute Gasteiger partial charge is 0.0416 e. The summed E-state index contributed by atoms with van der Waals surface area (Å²) in [4.78, 5) is 6.61. The number of pyridine rings is 1. The normalized spacial score (nSPS) is 10.1. The van der Waals surface area contributed by atoms with E-state index >= 15 is 0 Å². The Balaban J connectivity index is 0.000000921. The lowest BCUT2D eigenvalue weighted by Crippen LogP contribution is -2.28. The quantitative estimate of drug-likeness (QED) is 0.756. The summed E-state index contributed by atoms with van der Waals surface area (Å²) in [6.07, 6.45) is 2.89. The summed E-state index contributed by atoms with van der Waals surface area (Å²) in [5.41, 5.74) is 1.18. The van der Waals surface area contributed by atoms with Crippen LogP contribution in [0.25, 0.3) is 0 Å². The molecule has 0 spiro atoms. The van der Waals surface area contributed by atoms with Gasteiger partial charge in [0.25, 0.3) is 0 Å². The van der Waals surface area contributed by atoms with E-state index in [4.69, 9.17) is 0 Å². The minimum atomic E-state index is 0.615. The van der Waals surface area contributed by atoms with Gasteiger partial charge in [-0.25, -0.2) is 0 Å². The fourth-order valence-corrected chi connectivity index (χ4v) is 1.10. The average Bonchev–Trinajstić information content (AvgIpc) is 2.30. The number of aromatic nitrogens is 1. The zero-order valence-electron chi connectivity index (χ0n) is 10.7. The molecule has 0 aliphatic heterocycles. The largest absolute Gasteiger partial charge is 0.304 e. The van der Waals surface area contributed by atoms with Crippen LogP contribution < -0.4 is 0 Å². The molecule has 0 aliphatic carbocycles. The SMILES string of the molecule is CC.CC(C)N(C)CCc1ccccn1. The molecule has 0 N–H and O–H groups in total. The van der Waals surface area contributed by atoms with Crippen molar-refractivity contribution in [1.29, 1.82) is 0 Å². The topological polar surface area (TPSA) is 16.1 Å². The third-order valence-electron chi connectivity index (χ3n) is 2.33. The Morgan fingerprint density at radius 2 is 1.93 bits per heavy atom. The average molecular weight is 208 g/mol. The van der Waals surface area contributed by atoms with Crippen molar-refractivity contribution in [3.8, 4) is 0 Å². The van der Waals surface area contributed by atoms with Crippen LogP contribution in [0.3, 0.4) is 0 Å². The second-order valence-corrected chi connectivity index (χ2v) is 3.65. The van der Waals surface area contributed by atoms with Crippen LogP contribution in [0.15, 0.2) is 24.4 Å².